The van der Waals surface area contributed by atoms with E-state index in [1.807, 2.05) is 24.3 Å². The molecular weight excluding hydrogens is 342 g/mol. The van der Waals surface area contributed by atoms with Crippen molar-refractivity contribution in [2.24, 2.45) is 0 Å². The van der Waals surface area contributed by atoms with Crippen LogP contribution >= 0.6 is 15.9 Å². The average molecular weight is 362 g/mol. The van der Waals surface area contributed by atoms with Crippen LogP contribution in [0.15, 0.2) is 53.0 Å². The predicted molar refractivity (Wildman–Crippen MR) is 92.0 cm³/mol. The Balaban J connectivity index is 1.89. The van der Waals surface area contributed by atoms with E-state index in [9.17, 15) is 4.79 Å². The average Bonchev–Trinajstić information content (AvgIpc) is 2.53. The van der Waals surface area contributed by atoms with Gasteiger partial charge in [0, 0.05) is 4.47 Å². The third-order valence-corrected chi connectivity index (χ3v) is 3.94. The van der Waals surface area contributed by atoms with Crippen LogP contribution in [0.2, 0.25) is 0 Å². The Morgan fingerprint density at radius 2 is 1.77 bits per heavy atom. The number of ether oxygens (including phenoxy) is 1. The van der Waals surface area contributed by atoms with Crippen LogP contribution in [-0.4, -0.2) is 12.5 Å². The second kappa shape index (κ2) is 7.99. The minimum absolute atomic E-state index is 0.0154. The van der Waals surface area contributed by atoms with E-state index in [2.05, 4.69) is 59.4 Å². The lowest BCUT2D eigenvalue weighted by molar-refractivity contribution is -0.123. The van der Waals surface area contributed by atoms with Gasteiger partial charge in [-0.05, 0) is 43.2 Å². The molecule has 2 aromatic rings. The highest BCUT2D eigenvalue weighted by molar-refractivity contribution is 9.10. The number of hydrogen-bond donors (Lipinski definition) is 1. The lowest BCUT2D eigenvalue weighted by atomic mass is 10.0. The van der Waals surface area contributed by atoms with Crippen LogP contribution in [0.1, 0.15) is 30.5 Å². The number of amides is 1. The summed E-state index contributed by atoms with van der Waals surface area (Å²) in [6, 6.07) is 15.7. The number of carbonyl (C=O) groups excluding carboxylic acids is 1. The van der Waals surface area contributed by atoms with Crippen molar-refractivity contribution in [2.45, 2.75) is 26.3 Å². The van der Waals surface area contributed by atoms with Crippen LogP contribution in [0, 0.1) is 6.92 Å². The maximum absolute atomic E-state index is 12.0. The van der Waals surface area contributed by atoms with Crippen LogP contribution in [0.3, 0.4) is 0 Å². The first kappa shape index (κ1) is 16.6. The smallest absolute Gasteiger partial charge is 0.258 e. The Bertz CT molecular complexity index is 608. The van der Waals surface area contributed by atoms with E-state index in [0.717, 1.165) is 16.5 Å². The van der Waals surface area contributed by atoms with Gasteiger partial charge in [0.15, 0.2) is 6.61 Å². The molecule has 0 aliphatic carbocycles. The molecule has 0 spiro atoms. The number of benzene rings is 2. The first-order valence-electron chi connectivity index (χ1n) is 7.32. The van der Waals surface area contributed by atoms with Crippen molar-refractivity contribution in [3.05, 3.63) is 64.1 Å². The molecule has 1 amide bonds. The second-order valence-corrected chi connectivity index (χ2v) is 6.10. The predicted octanol–water partition coefficient (Wildman–Crippen LogP) is 4.40. The number of aryl methyl sites for hydroxylation is 1. The summed E-state index contributed by atoms with van der Waals surface area (Å²) < 4.78 is 6.47. The maximum Gasteiger partial charge on any atom is 0.258 e. The normalized spacial score (nSPS) is 11.8. The van der Waals surface area contributed by atoms with Crippen molar-refractivity contribution >= 4 is 21.8 Å². The Morgan fingerprint density at radius 3 is 2.36 bits per heavy atom. The number of hydrogen-bond acceptors (Lipinski definition) is 2. The van der Waals surface area contributed by atoms with Gasteiger partial charge in [-0.2, -0.15) is 0 Å². The Morgan fingerprint density at radius 1 is 1.14 bits per heavy atom. The van der Waals surface area contributed by atoms with Gasteiger partial charge in [0.25, 0.3) is 5.91 Å². The topological polar surface area (TPSA) is 38.3 Å². The third-order valence-electron chi connectivity index (χ3n) is 3.41. The molecule has 1 N–H and O–H groups in total. The quantitative estimate of drug-likeness (QED) is 0.827. The summed E-state index contributed by atoms with van der Waals surface area (Å²) in [4.78, 5) is 12.0. The molecule has 0 aliphatic heterocycles. The Kier molecular flexibility index (Phi) is 6.01. The summed E-state index contributed by atoms with van der Waals surface area (Å²) in [7, 11) is 0. The highest BCUT2D eigenvalue weighted by Crippen LogP contribution is 2.18. The molecule has 116 valence electrons. The third kappa shape index (κ3) is 4.88. The maximum atomic E-state index is 12.0. The van der Waals surface area contributed by atoms with Gasteiger partial charge in [-0.3, -0.25) is 4.79 Å². The van der Waals surface area contributed by atoms with Gasteiger partial charge in [0.2, 0.25) is 0 Å². The zero-order chi connectivity index (χ0) is 15.9. The molecule has 0 bridgehead atoms. The fourth-order valence-corrected chi connectivity index (χ4v) is 2.40. The van der Waals surface area contributed by atoms with Gasteiger partial charge in [0.05, 0.1) is 6.04 Å². The van der Waals surface area contributed by atoms with Crippen molar-refractivity contribution in [1.82, 2.24) is 5.32 Å². The molecule has 0 saturated heterocycles. The van der Waals surface area contributed by atoms with Crippen LogP contribution < -0.4 is 10.1 Å². The number of halogens is 1. The molecule has 3 nitrogen and oxygen atoms in total. The van der Waals surface area contributed by atoms with Crippen LogP contribution in [0.4, 0.5) is 0 Å². The first-order chi connectivity index (χ1) is 10.6. The summed E-state index contributed by atoms with van der Waals surface area (Å²) in [6.07, 6.45) is 0.840. The van der Waals surface area contributed by atoms with Gasteiger partial charge in [-0.15, -0.1) is 0 Å². The zero-order valence-corrected chi connectivity index (χ0v) is 14.4. The summed E-state index contributed by atoms with van der Waals surface area (Å²) in [5.74, 6) is 0.567. The van der Waals surface area contributed by atoms with E-state index in [4.69, 9.17) is 4.74 Å². The fraction of sp³-hybridized carbons (Fsp3) is 0.278. The molecule has 0 unspecified atom stereocenters. The molecule has 0 aliphatic rings. The van der Waals surface area contributed by atoms with E-state index >= 15 is 0 Å². The number of carbonyl (C=O) groups is 1. The zero-order valence-electron chi connectivity index (χ0n) is 12.8. The highest BCUT2D eigenvalue weighted by atomic mass is 79.9. The lowest BCUT2D eigenvalue weighted by Gasteiger charge is -2.18. The van der Waals surface area contributed by atoms with Crippen LogP contribution in [0.5, 0.6) is 5.75 Å². The van der Waals surface area contributed by atoms with Crippen LogP contribution in [0.25, 0.3) is 0 Å². The SMILES string of the molecule is CC[C@@H](NC(=O)COc1ccc(Br)cc1)c1ccc(C)cc1. The molecule has 2 aromatic carbocycles. The Labute approximate surface area is 139 Å². The Hall–Kier alpha value is -1.81. The van der Waals surface area contributed by atoms with Crippen molar-refractivity contribution in [3.8, 4) is 5.75 Å². The van der Waals surface area contributed by atoms with E-state index < -0.39 is 0 Å². The van der Waals surface area contributed by atoms with Crippen molar-refractivity contribution < 1.29 is 9.53 Å². The van der Waals surface area contributed by atoms with Gasteiger partial charge < -0.3 is 10.1 Å². The summed E-state index contributed by atoms with van der Waals surface area (Å²) in [5.41, 5.74) is 2.33. The van der Waals surface area contributed by atoms with E-state index in [1.165, 1.54) is 5.56 Å². The number of nitrogens with one attached hydrogen (secondary N) is 1. The second-order valence-electron chi connectivity index (χ2n) is 5.18. The minimum Gasteiger partial charge on any atom is -0.484 e. The largest absolute Gasteiger partial charge is 0.484 e. The fourth-order valence-electron chi connectivity index (χ4n) is 2.14. The molecular formula is C18H20BrNO2. The molecule has 22 heavy (non-hydrogen) atoms. The summed E-state index contributed by atoms with van der Waals surface area (Å²) in [6.45, 7) is 4.12. The first-order valence-corrected chi connectivity index (χ1v) is 8.12. The molecule has 0 heterocycles. The lowest BCUT2D eigenvalue weighted by Crippen LogP contribution is -2.32. The number of rotatable bonds is 6. The van der Waals surface area contributed by atoms with Gasteiger partial charge in [0.1, 0.15) is 5.75 Å². The molecule has 2 rings (SSSR count). The monoisotopic (exact) mass is 361 g/mol. The van der Waals surface area contributed by atoms with Crippen molar-refractivity contribution in [3.63, 3.8) is 0 Å². The molecule has 0 aromatic heterocycles. The van der Waals surface area contributed by atoms with Crippen LogP contribution in [-0.2, 0) is 4.79 Å². The van der Waals surface area contributed by atoms with Gasteiger partial charge >= 0.3 is 0 Å². The molecule has 1 atom stereocenters. The molecule has 4 heteroatoms. The van der Waals surface area contributed by atoms with Crippen molar-refractivity contribution in [2.75, 3.05) is 6.61 Å². The van der Waals surface area contributed by atoms with Gasteiger partial charge in [-0.1, -0.05) is 52.7 Å². The van der Waals surface area contributed by atoms with Gasteiger partial charge in [-0.25, -0.2) is 0 Å². The van der Waals surface area contributed by atoms with E-state index in [0.29, 0.717) is 5.75 Å². The van der Waals surface area contributed by atoms with Crippen molar-refractivity contribution in [1.29, 1.82) is 0 Å². The minimum atomic E-state index is -0.115. The summed E-state index contributed by atoms with van der Waals surface area (Å²) in [5, 5.41) is 3.01. The van der Waals surface area contributed by atoms with E-state index in [1.54, 1.807) is 0 Å². The highest BCUT2D eigenvalue weighted by Gasteiger charge is 2.13. The standard InChI is InChI=1S/C18H20BrNO2/c1-3-17(14-6-4-13(2)5-7-14)20-18(21)12-22-16-10-8-15(19)9-11-16/h4-11,17H,3,12H2,1-2H3,(H,20,21)/t17-/m1/s1. The molecule has 0 radical (unpaired) electrons. The molecule has 0 fully saturated rings. The summed E-state index contributed by atoms with van der Waals surface area (Å²) >= 11 is 3.36. The molecule has 0 saturated carbocycles. The van der Waals surface area contributed by atoms with E-state index in [-0.39, 0.29) is 18.6 Å².